The minimum absolute atomic E-state index is 0.120. The van der Waals surface area contributed by atoms with E-state index in [4.69, 9.17) is 0 Å². The van der Waals surface area contributed by atoms with E-state index >= 15 is 0 Å². The smallest absolute Gasteiger partial charge is 0.264 e. The average Bonchev–Trinajstić information content (AvgIpc) is 1.87. The Morgan fingerprint density at radius 2 is 2.57 bits per heavy atom. The van der Waals surface area contributed by atoms with Gasteiger partial charge in [-0.1, -0.05) is 0 Å². The van der Waals surface area contributed by atoms with Crippen LogP contribution in [0, 0.1) is 0 Å². The Kier molecular flexibility index (Phi) is 0.749. The van der Waals surface area contributed by atoms with Crippen molar-refractivity contribution in [2.24, 2.45) is 0 Å². The highest BCUT2D eigenvalue weighted by molar-refractivity contribution is 5.80. The van der Waals surface area contributed by atoms with Crippen LogP contribution in [-0.2, 0) is 9.53 Å². The summed E-state index contributed by atoms with van der Waals surface area (Å²) in [5.41, 5.74) is 0. The second-order valence-electron chi connectivity index (χ2n) is 1.26. The molecular formula is C4H5NO2. The fourth-order valence-electron chi connectivity index (χ4n) is 0.380. The maximum Gasteiger partial charge on any atom is 0.264 e. The second-order valence-corrected chi connectivity index (χ2v) is 1.26. The van der Waals surface area contributed by atoms with Crippen LogP contribution in [0.1, 0.15) is 0 Å². The molecular weight excluding hydrogens is 94.0 g/mol. The normalized spacial score (nSPS) is 18.9. The van der Waals surface area contributed by atoms with Crippen molar-refractivity contribution in [3.8, 4) is 0 Å². The highest BCUT2D eigenvalue weighted by Gasteiger charge is 2.11. The summed E-state index contributed by atoms with van der Waals surface area (Å²) in [6.07, 6.45) is 0. The van der Waals surface area contributed by atoms with Gasteiger partial charge in [-0.15, -0.1) is 0 Å². The van der Waals surface area contributed by atoms with Crippen LogP contribution in [-0.4, -0.2) is 12.5 Å². The first-order valence-corrected chi connectivity index (χ1v) is 1.90. The first-order valence-electron chi connectivity index (χ1n) is 1.90. The van der Waals surface area contributed by atoms with Crippen molar-refractivity contribution in [3.63, 3.8) is 0 Å². The molecule has 0 radical (unpaired) electrons. The summed E-state index contributed by atoms with van der Waals surface area (Å²) >= 11 is 0. The molecule has 0 unspecified atom stereocenters. The lowest BCUT2D eigenvalue weighted by Gasteiger charge is -1.86. The zero-order valence-electron chi connectivity index (χ0n) is 3.73. The summed E-state index contributed by atoms with van der Waals surface area (Å²) < 4.78 is 4.61. The fraction of sp³-hybridized carbons (Fsp3) is 0.250. The third-order valence-corrected chi connectivity index (χ3v) is 0.656. The minimum Gasteiger partial charge on any atom is -0.469 e. The lowest BCUT2D eigenvalue weighted by atomic mass is 10.7. The van der Waals surface area contributed by atoms with Gasteiger partial charge in [0.15, 0.2) is 12.5 Å². The standard InChI is InChI=1S/C4H5NO2/c1-3-5-4(6)2-7-3/h1-2H2,(H,5,6). The van der Waals surface area contributed by atoms with Crippen LogP contribution >= 0.6 is 0 Å². The van der Waals surface area contributed by atoms with Gasteiger partial charge >= 0.3 is 0 Å². The molecule has 1 aliphatic heterocycles. The van der Waals surface area contributed by atoms with Crippen molar-refractivity contribution >= 4 is 5.91 Å². The molecule has 1 N–H and O–H groups in total. The molecule has 38 valence electrons. The highest BCUT2D eigenvalue weighted by Crippen LogP contribution is 1.94. The molecule has 7 heavy (non-hydrogen) atoms. The molecule has 1 aliphatic rings. The molecule has 0 saturated carbocycles. The molecule has 1 rings (SSSR count). The maximum atomic E-state index is 10.2. The topological polar surface area (TPSA) is 38.3 Å². The molecule has 0 aliphatic carbocycles. The quantitative estimate of drug-likeness (QED) is 0.449. The first-order chi connectivity index (χ1) is 3.29. The Morgan fingerprint density at radius 3 is 2.71 bits per heavy atom. The first kappa shape index (κ1) is 4.18. The van der Waals surface area contributed by atoms with Gasteiger partial charge in [-0.3, -0.25) is 10.1 Å². The van der Waals surface area contributed by atoms with Crippen LogP contribution < -0.4 is 5.32 Å². The van der Waals surface area contributed by atoms with Gasteiger partial charge in [-0.2, -0.15) is 0 Å². The van der Waals surface area contributed by atoms with Gasteiger partial charge in [0.05, 0.1) is 0 Å². The van der Waals surface area contributed by atoms with Crippen LogP contribution in [0.25, 0.3) is 0 Å². The van der Waals surface area contributed by atoms with Crippen LogP contribution in [0.2, 0.25) is 0 Å². The average molecular weight is 99.1 g/mol. The van der Waals surface area contributed by atoms with Gasteiger partial charge < -0.3 is 4.74 Å². The van der Waals surface area contributed by atoms with E-state index in [1.54, 1.807) is 0 Å². The fourth-order valence-corrected chi connectivity index (χ4v) is 0.380. The number of rotatable bonds is 0. The third kappa shape index (κ3) is 0.707. The zero-order chi connectivity index (χ0) is 5.28. The van der Waals surface area contributed by atoms with Gasteiger partial charge in [0.1, 0.15) is 0 Å². The minimum atomic E-state index is -0.120. The Balaban J connectivity index is 2.55. The highest BCUT2D eigenvalue weighted by atomic mass is 16.5. The van der Waals surface area contributed by atoms with Crippen LogP contribution in [0.5, 0.6) is 0 Å². The summed E-state index contributed by atoms with van der Waals surface area (Å²) in [5, 5.41) is 2.36. The summed E-state index contributed by atoms with van der Waals surface area (Å²) in [5.74, 6) is 0.231. The van der Waals surface area contributed by atoms with E-state index < -0.39 is 0 Å². The van der Waals surface area contributed by atoms with Crippen molar-refractivity contribution in [2.75, 3.05) is 6.61 Å². The zero-order valence-corrected chi connectivity index (χ0v) is 3.73. The molecule has 1 amide bonds. The number of hydrogen-bond acceptors (Lipinski definition) is 2. The van der Waals surface area contributed by atoms with Crippen molar-refractivity contribution in [3.05, 3.63) is 12.5 Å². The third-order valence-electron chi connectivity index (χ3n) is 0.656. The van der Waals surface area contributed by atoms with E-state index in [1.165, 1.54) is 0 Å². The van der Waals surface area contributed by atoms with Crippen molar-refractivity contribution in [2.45, 2.75) is 0 Å². The summed E-state index contributed by atoms with van der Waals surface area (Å²) in [6, 6.07) is 0. The maximum absolute atomic E-state index is 10.2. The summed E-state index contributed by atoms with van der Waals surface area (Å²) in [7, 11) is 0. The van der Waals surface area contributed by atoms with Crippen LogP contribution in [0.4, 0.5) is 0 Å². The van der Waals surface area contributed by atoms with Crippen LogP contribution in [0.15, 0.2) is 12.5 Å². The molecule has 1 heterocycles. The molecule has 0 aromatic rings. The Labute approximate surface area is 41.0 Å². The number of carbonyl (C=O) groups excluding carboxylic acids is 1. The monoisotopic (exact) mass is 99.0 g/mol. The van der Waals surface area contributed by atoms with E-state index in [0.29, 0.717) is 5.88 Å². The second kappa shape index (κ2) is 1.26. The number of hydrogen-bond donors (Lipinski definition) is 1. The Hall–Kier alpha value is -0.990. The predicted molar refractivity (Wildman–Crippen MR) is 23.2 cm³/mol. The molecule has 1 saturated heterocycles. The van der Waals surface area contributed by atoms with Gasteiger partial charge in [-0.05, 0) is 6.58 Å². The molecule has 3 nitrogen and oxygen atoms in total. The number of amides is 1. The summed E-state index contributed by atoms with van der Waals surface area (Å²) in [4.78, 5) is 10.2. The van der Waals surface area contributed by atoms with E-state index in [9.17, 15) is 4.79 Å². The van der Waals surface area contributed by atoms with E-state index in [2.05, 4.69) is 16.6 Å². The molecule has 0 spiro atoms. The molecule has 3 heteroatoms. The number of ether oxygens (including phenoxy) is 1. The van der Waals surface area contributed by atoms with Crippen molar-refractivity contribution < 1.29 is 9.53 Å². The van der Waals surface area contributed by atoms with Gasteiger partial charge in [-0.25, -0.2) is 0 Å². The van der Waals surface area contributed by atoms with E-state index in [1.807, 2.05) is 0 Å². The summed E-state index contributed by atoms with van der Waals surface area (Å²) in [6.45, 7) is 3.47. The van der Waals surface area contributed by atoms with E-state index in [0.717, 1.165) is 0 Å². The Morgan fingerprint density at radius 1 is 1.86 bits per heavy atom. The van der Waals surface area contributed by atoms with E-state index in [-0.39, 0.29) is 12.5 Å². The van der Waals surface area contributed by atoms with Gasteiger partial charge in [0.25, 0.3) is 5.91 Å². The predicted octanol–water partition coefficient (Wildman–Crippen LogP) is -0.396. The van der Waals surface area contributed by atoms with Crippen LogP contribution in [0.3, 0.4) is 0 Å². The number of nitrogens with one attached hydrogen (secondary N) is 1. The lowest BCUT2D eigenvalue weighted by Crippen LogP contribution is -2.12. The number of carbonyl (C=O) groups is 1. The molecule has 0 bridgehead atoms. The largest absolute Gasteiger partial charge is 0.469 e. The van der Waals surface area contributed by atoms with Gasteiger partial charge in [0, 0.05) is 0 Å². The molecule has 0 aromatic carbocycles. The van der Waals surface area contributed by atoms with Crippen molar-refractivity contribution in [1.29, 1.82) is 0 Å². The Bertz CT molecular complexity index is 105. The molecule has 1 fully saturated rings. The molecule has 0 aromatic heterocycles. The van der Waals surface area contributed by atoms with Crippen molar-refractivity contribution in [1.82, 2.24) is 5.32 Å². The van der Waals surface area contributed by atoms with Gasteiger partial charge in [0.2, 0.25) is 0 Å². The SMILES string of the molecule is C=C1NC(=O)CO1. The molecule has 0 atom stereocenters. The lowest BCUT2D eigenvalue weighted by molar-refractivity contribution is -0.119.